The summed E-state index contributed by atoms with van der Waals surface area (Å²) in [6.07, 6.45) is 0.179. The topological polar surface area (TPSA) is 64.6 Å². The van der Waals surface area contributed by atoms with E-state index >= 15 is 0 Å². The van der Waals surface area contributed by atoms with E-state index in [9.17, 15) is 9.59 Å². The van der Waals surface area contributed by atoms with Crippen LogP contribution in [0.3, 0.4) is 0 Å². The number of carbonyl (C=O) groups excluding carboxylic acids is 2. The third-order valence-electron chi connectivity index (χ3n) is 3.17. The van der Waals surface area contributed by atoms with Gasteiger partial charge in [0.2, 0.25) is 0 Å². The molecule has 0 heterocycles. The molecule has 0 aromatic heterocycles. The second kappa shape index (κ2) is 7.98. The lowest BCUT2D eigenvalue weighted by Crippen LogP contribution is -2.15. The van der Waals surface area contributed by atoms with Crippen molar-refractivity contribution < 1.29 is 19.1 Å². The lowest BCUT2D eigenvalue weighted by Gasteiger charge is -2.12. The van der Waals surface area contributed by atoms with Gasteiger partial charge in [0.25, 0.3) is 0 Å². The first-order valence-electron chi connectivity index (χ1n) is 7.37. The van der Waals surface area contributed by atoms with Crippen molar-refractivity contribution in [2.24, 2.45) is 0 Å². The first-order chi connectivity index (χ1) is 11.1. The maximum Gasteiger partial charge on any atom is 0.411 e. The molecule has 2 aromatic rings. The summed E-state index contributed by atoms with van der Waals surface area (Å²) >= 11 is 0. The van der Waals surface area contributed by atoms with E-state index in [0.717, 1.165) is 17.5 Å². The van der Waals surface area contributed by atoms with Crippen LogP contribution >= 0.6 is 0 Å². The number of esters is 1. The highest BCUT2D eigenvalue weighted by molar-refractivity contribution is 5.86. The molecule has 0 aliphatic heterocycles. The Bertz CT molecular complexity index is 683. The van der Waals surface area contributed by atoms with Crippen molar-refractivity contribution in [2.45, 2.75) is 26.9 Å². The summed E-state index contributed by atoms with van der Waals surface area (Å²) in [5, 5.41) is 2.69. The Hall–Kier alpha value is -2.82. The van der Waals surface area contributed by atoms with Crippen molar-refractivity contribution in [3.8, 4) is 5.75 Å². The van der Waals surface area contributed by atoms with Gasteiger partial charge in [-0.25, -0.2) is 4.79 Å². The number of rotatable bonds is 5. The van der Waals surface area contributed by atoms with Crippen LogP contribution < -0.4 is 10.1 Å². The molecule has 5 nitrogen and oxygen atoms in total. The van der Waals surface area contributed by atoms with Crippen LogP contribution in [0, 0.1) is 0 Å². The quantitative estimate of drug-likeness (QED) is 0.671. The minimum absolute atomic E-state index is 0.192. The number of nitrogens with one attached hydrogen (secondary N) is 1. The number of hydrogen-bond acceptors (Lipinski definition) is 4. The molecule has 0 fully saturated rings. The van der Waals surface area contributed by atoms with E-state index in [4.69, 9.17) is 9.47 Å². The summed E-state index contributed by atoms with van der Waals surface area (Å²) in [6, 6.07) is 14.5. The highest BCUT2D eigenvalue weighted by atomic mass is 16.5. The molecular formula is C18H19NO4. The van der Waals surface area contributed by atoms with E-state index in [-0.39, 0.29) is 6.61 Å². The van der Waals surface area contributed by atoms with E-state index in [1.165, 1.54) is 6.92 Å². The van der Waals surface area contributed by atoms with Gasteiger partial charge in [-0.1, -0.05) is 43.3 Å². The van der Waals surface area contributed by atoms with Crippen LogP contribution in [-0.4, -0.2) is 12.1 Å². The lowest BCUT2D eigenvalue weighted by atomic mass is 10.1. The molecule has 5 heteroatoms. The first-order valence-corrected chi connectivity index (χ1v) is 7.37. The van der Waals surface area contributed by atoms with Crippen LogP contribution in [-0.2, 0) is 22.6 Å². The Morgan fingerprint density at radius 3 is 2.48 bits per heavy atom. The van der Waals surface area contributed by atoms with Crippen molar-refractivity contribution in [3.63, 3.8) is 0 Å². The van der Waals surface area contributed by atoms with E-state index in [0.29, 0.717) is 11.4 Å². The average Bonchev–Trinajstić information content (AvgIpc) is 2.54. The van der Waals surface area contributed by atoms with Crippen molar-refractivity contribution in [3.05, 3.63) is 59.7 Å². The fraction of sp³-hybridized carbons (Fsp3) is 0.222. The predicted octanol–water partition coefficient (Wildman–Crippen LogP) is 3.92. The number of carbonyl (C=O) groups is 2. The van der Waals surface area contributed by atoms with Crippen LogP contribution in [0.15, 0.2) is 48.5 Å². The maximum absolute atomic E-state index is 11.9. The van der Waals surface area contributed by atoms with Crippen molar-refractivity contribution in [1.29, 1.82) is 0 Å². The molecule has 120 valence electrons. The molecule has 0 atom stereocenters. The zero-order valence-corrected chi connectivity index (χ0v) is 13.2. The zero-order valence-electron chi connectivity index (χ0n) is 13.2. The molecule has 0 aliphatic rings. The summed E-state index contributed by atoms with van der Waals surface area (Å²) in [6.45, 7) is 3.49. The standard InChI is InChI=1S/C18H19NO4/c1-3-15-9-10-16(23-13(2)20)11-17(15)19-18(21)22-12-14-7-5-4-6-8-14/h4-11H,3,12H2,1-2H3,(H,19,21). The molecule has 2 aromatic carbocycles. The third kappa shape index (κ3) is 5.14. The van der Waals surface area contributed by atoms with Gasteiger partial charge in [0.05, 0.1) is 5.69 Å². The Balaban J connectivity index is 2.02. The van der Waals surface area contributed by atoms with Gasteiger partial charge < -0.3 is 9.47 Å². The Labute approximate surface area is 135 Å². The maximum atomic E-state index is 11.9. The molecule has 1 N–H and O–H groups in total. The van der Waals surface area contributed by atoms with E-state index < -0.39 is 12.1 Å². The number of anilines is 1. The van der Waals surface area contributed by atoms with Crippen LogP contribution in [0.1, 0.15) is 25.0 Å². The lowest BCUT2D eigenvalue weighted by molar-refractivity contribution is -0.131. The highest BCUT2D eigenvalue weighted by Gasteiger charge is 2.10. The molecular weight excluding hydrogens is 294 g/mol. The average molecular weight is 313 g/mol. The molecule has 0 spiro atoms. The second-order valence-corrected chi connectivity index (χ2v) is 4.95. The summed E-state index contributed by atoms with van der Waals surface area (Å²) in [5.74, 6) is -0.0279. The second-order valence-electron chi connectivity index (χ2n) is 4.95. The smallest absolute Gasteiger partial charge is 0.411 e. The summed E-state index contributed by atoms with van der Waals surface area (Å²) in [5.41, 5.74) is 2.41. The van der Waals surface area contributed by atoms with Crippen molar-refractivity contribution in [2.75, 3.05) is 5.32 Å². The summed E-state index contributed by atoms with van der Waals surface area (Å²) in [4.78, 5) is 23.0. The first kappa shape index (κ1) is 16.5. The minimum atomic E-state index is -0.552. The molecule has 0 bridgehead atoms. The predicted molar refractivity (Wildman–Crippen MR) is 87.4 cm³/mol. The van der Waals surface area contributed by atoms with Gasteiger partial charge >= 0.3 is 12.1 Å². The SMILES string of the molecule is CCc1ccc(OC(C)=O)cc1NC(=O)OCc1ccccc1. The van der Waals surface area contributed by atoms with Gasteiger partial charge in [-0.3, -0.25) is 10.1 Å². The monoisotopic (exact) mass is 313 g/mol. The molecule has 0 saturated carbocycles. The van der Waals surface area contributed by atoms with Crippen LogP contribution in [0.25, 0.3) is 0 Å². The zero-order chi connectivity index (χ0) is 16.7. The molecule has 2 rings (SSSR count). The van der Waals surface area contributed by atoms with Gasteiger partial charge in [-0.15, -0.1) is 0 Å². The van der Waals surface area contributed by atoms with Crippen molar-refractivity contribution >= 4 is 17.7 Å². The number of ether oxygens (including phenoxy) is 2. The Morgan fingerprint density at radius 2 is 1.83 bits per heavy atom. The van der Waals surface area contributed by atoms with Gasteiger partial charge in [0.15, 0.2) is 0 Å². The molecule has 0 aliphatic carbocycles. The van der Waals surface area contributed by atoms with E-state index in [1.807, 2.05) is 43.3 Å². The fourth-order valence-electron chi connectivity index (χ4n) is 2.08. The molecule has 0 radical (unpaired) electrons. The number of benzene rings is 2. The summed E-state index contributed by atoms with van der Waals surface area (Å²) < 4.78 is 10.2. The van der Waals surface area contributed by atoms with Gasteiger partial charge in [0.1, 0.15) is 12.4 Å². The van der Waals surface area contributed by atoms with Gasteiger partial charge in [-0.05, 0) is 23.6 Å². The fourth-order valence-corrected chi connectivity index (χ4v) is 2.08. The molecule has 23 heavy (non-hydrogen) atoms. The normalized spacial score (nSPS) is 10.0. The van der Waals surface area contributed by atoms with E-state index in [2.05, 4.69) is 5.32 Å². The van der Waals surface area contributed by atoms with Crippen molar-refractivity contribution in [1.82, 2.24) is 0 Å². The number of hydrogen-bond donors (Lipinski definition) is 1. The Morgan fingerprint density at radius 1 is 1.09 bits per heavy atom. The largest absolute Gasteiger partial charge is 0.444 e. The minimum Gasteiger partial charge on any atom is -0.444 e. The van der Waals surface area contributed by atoms with E-state index in [1.54, 1.807) is 12.1 Å². The molecule has 1 amide bonds. The molecule has 0 saturated heterocycles. The number of aryl methyl sites for hydroxylation is 1. The van der Waals surface area contributed by atoms with Crippen LogP contribution in [0.2, 0.25) is 0 Å². The number of amides is 1. The van der Waals surface area contributed by atoms with Crippen LogP contribution in [0.5, 0.6) is 5.75 Å². The Kier molecular flexibility index (Phi) is 5.74. The highest BCUT2D eigenvalue weighted by Crippen LogP contribution is 2.23. The molecule has 0 unspecified atom stereocenters. The third-order valence-corrected chi connectivity index (χ3v) is 3.17. The van der Waals surface area contributed by atoms with Gasteiger partial charge in [-0.2, -0.15) is 0 Å². The van der Waals surface area contributed by atoms with Gasteiger partial charge in [0, 0.05) is 13.0 Å². The van der Waals surface area contributed by atoms with Crippen LogP contribution in [0.4, 0.5) is 10.5 Å². The summed E-state index contributed by atoms with van der Waals surface area (Å²) in [7, 11) is 0.